The zero-order valence-electron chi connectivity index (χ0n) is 29.6. The molecule has 2 aliphatic heterocycles. The van der Waals surface area contributed by atoms with Gasteiger partial charge < -0.3 is 42.8 Å². The van der Waals surface area contributed by atoms with Gasteiger partial charge in [0.05, 0.1) is 60.5 Å². The Bertz CT molecular complexity index is 2120. The molecule has 3 aromatic carbocycles. The Labute approximate surface area is 315 Å². The van der Waals surface area contributed by atoms with Crippen LogP contribution < -0.4 is 28.7 Å². The maximum atomic E-state index is 13.8. The predicted molar refractivity (Wildman–Crippen MR) is 198 cm³/mol. The molecule has 0 saturated carbocycles. The van der Waals surface area contributed by atoms with E-state index in [0.29, 0.717) is 82.4 Å². The number of fused-ring (bicyclic) bond motifs is 2. The molecule has 5 aromatic rings. The molecule has 13 nitrogen and oxygen atoms in total. The van der Waals surface area contributed by atoms with Crippen LogP contribution >= 0.6 is 23.2 Å². The number of rotatable bonds is 11. The second kappa shape index (κ2) is 15.4. The van der Waals surface area contributed by atoms with Gasteiger partial charge in [0.1, 0.15) is 40.8 Å². The number of methoxy groups -OCH3 is 4. The second-order valence-corrected chi connectivity index (χ2v) is 13.4. The third kappa shape index (κ3) is 7.37. The molecule has 2 aliphatic rings. The average molecular weight is 763 g/mol. The molecular weight excluding hydrogens is 725 g/mol. The van der Waals surface area contributed by atoms with Gasteiger partial charge in [0.15, 0.2) is 11.7 Å². The van der Waals surface area contributed by atoms with E-state index in [2.05, 4.69) is 4.98 Å². The number of carbonyl (C=O) groups is 2. The van der Waals surface area contributed by atoms with Crippen molar-refractivity contribution in [3.63, 3.8) is 0 Å². The molecule has 2 amide bonds. The summed E-state index contributed by atoms with van der Waals surface area (Å²) in [6, 6.07) is 15.0. The molecule has 0 N–H and O–H groups in total. The van der Waals surface area contributed by atoms with Crippen LogP contribution in [0.25, 0.3) is 11.1 Å². The molecule has 15 heteroatoms. The standard InChI is InChI=1S/C38H37Cl2N5O8/c1-48-26-7-5-23(32(13-26)50-3)17-44(18-24-6-8-27(49-2)14-33(24)51-4)38-42-30-15-41-16-31(36(30)53-38)45-20-34(52-21-35(45)46)37(47)43-10-9-22-11-25(39)12-29(40)28(22)19-43/h5-8,11-16,34H,9-10,17-21H2,1-4H3. The first-order valence-corrected chi connectivity index (χ1v) is 17.5. The van der Waals surface area contributed by atoms with Gasteiger partial charge >= 0.3 is 0 Å². The predicted octanol–water partition coefficient (Wildman–Crippen LogP) is 6.09. The largest absolute Gasteiger partial charge is 0.497 e. The maximum Gasteiger partial charge on any atom is 0.299 e. The Morgan fingerprint density at radius 3 is 2.25 bits per heavy atom. The summed E-state index contributed by atoms with van der Waals surface area (Å²) in [5.41, 5.74) is 4.68. The van der Waals surface area contributed by atoms with Crippen LogP contribution in [0.5, 0.6) is 23.0 Å². The summed E-state index contributed by atoms with van der Waals surface area (Å²) in [6.07, 6.45) is 2.79. The van der Waals surface area contributed by atoms with Crippen LogP contribution in [0, 0.1) is 0 Å². The van der Waals surface area contributed by atoms with Crippen molar-refractivity contribution in [2.45, 2.75) is 32.2 Å². The number of hydrogen-bond acceptors (Lipinski definition) is 11. The lowest BCUT2D eigenvalue weighted by atomic mass is 9.99. The van der Waals surface area contributed by atoms with Gasteiger partial charge in [-0.05, 0) is 53.9 Å². The van der Waals surface area contributed by atoms with E-state index in [1.807, 2.05) is 47.4 Å². The summed E-state index contributed by atoms with van der Waals surface area (Å²) in [5, 5.41) is 1.07. The Morgan fingerprint density at radius 2 is 1.60 bits per heavy atom. The number of halogens is 2. The molecule has 1 fully saturated rings. The number of nitrogens with zero attached hydrogens (tertiary/aromatic N) is 5. The highest BCUT2D eigenvalue weighted by atomic mass is 35.5. The number of benzene rings is 3. The van der Waals surface area contributed by atoms with Crippen molar-refractivity contribution in [3.8, 4) is 23.0 Å². The minimum absolute atomic E-state index is 0.0397. The minimum Gasteiger partial charge on any atom is -0.497 e. The van der Waals surface area contributed by atoms with Crippen molar-refractivity contribution in [3.05, 3.63) is 93.2 Å². The summed E-state index contributed by atoms with van der Waals surface area (Å²) in [7, 11) is 6.38. The molecule has 0 radical (unpaired) electrons. The Hall–Kier alpha value is -5.24. The molecule has 1 atom stereocenters. The van der Waals surface area contributed by atoms with Crippen molar-refractivity contribution >= 4 is 57.8 Å². The number of aromatic nitrogens is 2. The van der Waals surface area contributed by atoms with Crippen LogP contribution in [0.3, 0.4) is 0 Å². The van der Waals surface area contributed by atoms with Gasteiger partial charge in [-0.1, -0.05) is 23.2 Å². The summed E-state index contributed by atoms with van der Waals surface area (Å²) >= 11 is 12.7. The molecule has 1 saturated heterocycles. The van der Waals surface area contributed by atoms with Gasteiger partial charge in [0.2, 0.25) is 0 Å². The van der Waals surface area contributed by atoms with Crippen LogP contribution in [-0.2, 0) is 40.4 Å². The molecule has 1 unspecified atom stereocenters. The van der Waals surface area contributed by atoms with Crippen molar-refractivity contribution in [2.75, 3.05) is 57.9 Å². The van der Waals surface area contributed by atoms with E-state index in [-0.39, 0.29) is 31.0 Å². The van der Waals surface area contributed by atoms with Gasteiger partial charge in [-0.3, -0.25) is 14.6 Å². The number of morpholine rings is 1. The monoisotopic (exact) mass is 761 g/mol. The summed E-state index contributed by atoms with van der Waals surface area (Å²) in [4.78, 5) is 41.5. The topological polar surface area (TPSA) is 129 Å². The molecule has 7 rings (SSSR count). The van der Waals surface area contributed by atoms with Crippen molar-refractivity contribution in [1.82, 2.24) is 14.9 Å². The lowest BCUT2D eigenvalue weighted by Crippen LogP contribution is -2.54. The van der Waals surface area contributed by atoms with Crippen molar-refractivity contribution in [2.24, 2.45) is 0 Å². The molecule has 276 valence electrons. The van der Waals surface area contributed by atoms with Crippen LogP contribution in [0.15, 0.2) is 65.3 Å². The Kier molecular flexibility index (Phi) is 10.5. The third-order valence-electron chi connectivity index (χ3n) is 9.44. The van der Waals surface area contributed by atoms with E-state index in [0.717, 1.165) is 22.3 Å². The number of hydrogen-bond donors (Lipinski definition) is 0. The summed E-state index contributed by atoms with van der Waals surface area (Å²) < 4.78 is 34.6. The van der Waals surface area contributed by atoms with Gasteiger partial charge in [0, 0.05) is 46.4 Å². The quantitative estimate of drug-likeness (QED) is 0.155. The van der Waals surface area contributed by atoms with E-state index >= 15 is 0 Å². The number of ether oxygens (including phenoxy) is 5. The second-order valence-electron chi connectivity index (χ2n) is 12.6. The van der Waals surface area contributed by atoms with Gasteiger partial charge in [-0.2, -0.15) is 4.98 Å². The zero-order chi connectivity index (χ0) is 37.2. The zero-order valence-corrected chi connectivity index (χ0v) is 31.1. The first-order chi connectivity index (χ1) is 25.7. The highest BCUT2D eigenvalue weighted by Crippen LogP contribution is 2.36. The average Bonchev–Trinajstić information content (AvgIpc) is 3.62. The normalized spacial score (nSPS) is 15.7. The van der Waals surface area contributed by atoms with Gasteiger partial charge in [0.25, 0.3) is 17.8 Å². The first-order valence-electron chi connectivity index (χ1n) is 16.8. The molecule has 2 aromatic heterocycles. The van der Waals surface area contributed by atoms with Crippen molar-refractivity contribution < 1.29 is 37.7 Å². The molecule has 0 bridgehead atoms. The minimum atomic E-state index is -0.917. The molecule has 0 spiro atoms. The fourth-order valence-electron chi connectivity index (χ4n) is 6.65. The molecule has 0 aliphatic carbocycles. The van der Waals surface area contributed by atoms with E-state index in [1.165, 1.54) is 11.1 Å². The fraction of sp³-hybridized carbons (Fsp3) is 0.316. The number of oxazole rings is 1. The first kappa shape index (κ1) is 36.1. The van der Waals surface area contributed by atoms with E-state index in [4.69, 9.17) is 56.3 Å². The molecular formula is C38H37Cl2N5O8. The Morgan fingerprint density at radius 1 is 0.925 bits per heavy atom. The highest BCUT2D eigenvalue weighted by Gasteiger charge is 2.37. The van der Waals surface area contributed by atoms with E-state index in [1.54, 1.807) is 45.6 Å². The lowest BCUT2D eigenvalue weighted by molar-refractivity contribution is -0.149. The molecule has 53 heavy (non-hydrogen) atoms. The van der Waals surface area contributed by atoms with Crippen molar-refractivity contribution in [1.29, 1.82) is 0 Å². The number of pyridine rings is 1. The fourth-order valence-corrected chi connectivity index (χ4v) is 7.24. The smallest absolute Gasteiger partial charge is 0.299 e. The molecule has 4 heterocycles. The van der Waals surface area contributed by atoms with Crippen LogP contribution in [0.1, 0.15) is 22.3 Å². The SMILES string of the molecule is COc1ccc(CN(Cc2ccc(OC)cc2OC)c2nc3cncc(N4CC(C(=O)N5CCc6cc(Cl)cc(Cl)c6C5)OCC4=O)c3o2)c(OC)c1. The third-order valence-corrected chi connectivity index (χ3v) is 9.99. The maximum absolute atomic E-state index is 13.8. The highest BCUT2D eigenvalue weighted by molar-refractivity contribution is 6.35. The van der Waals surface area contributed by atoms with Crippen LogP contribution in [0.2, 0.25) is 10.0 Å². The van der Waals surface area contributed by atoms with E-state index in [9.17, 15) is 9.59 Å². The number of carbonyl (C=O) groups excluding carboxylic acids is 2. The van der Waals surface area contributed by atoms with Crippen LogP contribution in [0.4, 0.5) is 11.7 Å². The summed E-state index contributed by atoms with van der Waals surface area (Å²) in [5.74, 6) is 1.95. The van der Waals surface area contributed by atoms with E-state index < -0.39 is 6.10 Å². The summed E-state index contributed by atoms with van der Waals surface area (Å²) in [6.45, 7) is 1.08. The Balaban J connectivity index is 1.20. The van der Waals surface area contributed by atoms with Gasteiger partial charge in [-0.15, -0.1) is 0 Å². The van der Waals surface area contributed by atoms with Crippen LogP contribution in [-0.4, -0.2) is 80.9 Å². The van der Waals surface area contributed by atoms with Gasteiger partial charge in [-0.25, -0.2) is 0 Å². The lowest BCUT2D eigenvalue weighted by Gasteiger charge is -2.36. The number of anilines is 2. The number of amides is 2.